The van der Waals surface area contributed by atoms with Gasteiger partial charge >= 0.3 is 6.01 Å². The minimum Gasteiger partial charge on any atom is -0.292 e. The number of para-hydroxylation sites is 2. The predicted molar refractivity (Wildman–Crippen MR) is 168 cm³/mol. The summed E-state index contributed by atoms with van der Waals surface area (Å²) in [7, 11) is 0. The normalized spacial score (nSPS) is 16.0. The molecule has 6 aromatic rings. The van der Waals surface area contributed by atoms with Crippen molar-refractivity contribution in [1.29, 1.82) is 0 Å². The molecule has 5 nitrogen and oxygen atoms in total. The first-order valence-corrected chi connectivity index (χ1v) is 13.8. The molecule has 0 fully saturated rings. The van der Waals surface area contributed by atoms with Crippen LogP contribution in [0.15, 0.2) is 97.5 Å². The molecule has 0 unspecified atom stereocenters. The second-order valence-corrected chi connectivity index (χ2v) is 11.7. The van der Waals surface area contributed by atoms with E-state index in [9.17, 15) is 0 Å². The van der Waals surface area contributed by atoms with Crippen molar-refractivity contribution < 1.29 is 21.6 Å². The van der Waals surface area contributed by atoms with Gasteiger partial charge in [0.15, 0.2) is 6.98 Å². The van der Waals surface area contributed by atoms with Gasteiger partial charge in [-0.05, 0) is 58.3 Å². The standard InChI is InChI=1S/C36H31F2N5/c1-23-12-15-40-34(16-23)43-32-20-24(10-11-28(32)29-13-14-39-21-33(29)43)36(37,38)26-17-25(35(2,3)4)18-27(19-26)42-22-41(5)30-8-6-7-9-31(30)42/h6-21H,1-5H3/q+2/i1D3,5D3. The highest BCUT2D eigenvalue weighted by molar-refractivity contribution is 6.09. The van der Waals surface area contributed by atoms with E-state index in [1.165, 1.54) is 47.2 Å². The maximum atomic E-state index is 17.0. The molecule has 0 aliphatic carbocycles. The molecule has 4 heterocycles. The Morgan fingerprint density at radius 3 is 2.40 bits per heavy atom. The largest absolute Gasteiger partial charge is 0.496 e. The number of halogens is 2. The quantitative estimate of drug-likeness (QED) is 0.197. The van der Waals surface area contributed by atoms with Gasteiger partial charge in [-0.3, -0.25) is 9.55 Å². The van der Waals surface area contributed by atoms with Crippen molar-refractivity contribution in [2.75, 3.05) is 6.98 Å². The fraction of sp³-hybridized carbons (Fsp3) is 0.194. The average Bonchev–Trinajstić information content (AvgIpc) is 3.60. The first-order chi connectivity index (χ1) is 22.9. The molecule has 0 amide bonds. The molecular formula is C36H31F2N5+2. The minimum absolute atomic E-state index is 0.0681. The molecule has 1 aliphatic heterocycles. The van der Waals surface area contributed by atoms with Crippen LogP contribution in [-0.2, 0) is 11.3 Å². The van der Waals surface area contributed by atoms with E-state index in [0.717, 1.165) is 9.96 Å². The summed E-state index contributed by atoms with van der Waals surface area (Å²) in [6, 6.07) is 23.4. The van der Waals surface area contributed by atoms with Crippen molar-refractivity contribution in [2.45, 2.75) is 39.0 Å². The van der Waals surface area contributed by atoms with Crippen molar-refractivity contribution in [3.63, 3.8) is 0 Å². The van der Waals surface area contributed by atoms with Crippen LogP contribution in [0, 0.1) is 6.85 Å². The van der Waals surface area contributed by atoms with Gasteiger partial charge in [0.05, 0.1) is 17.2 Å². The van der Waals surface area contributed by atoms with E-state index in [0.29, 0.717) is 39.0 Å². The van der Waals surface area contributed by atoms with Crippen molar-refractivity contribution in [3.8, 4) is 5.82 Å². The van der Waals surface area contributed by atoms with Gasteiger partial charge in [0.25, 0.3) is 17.3 Å². The predicted octanol–water partition coefficient (Wildman–Crippen LogP) is 8.62. The van der Waals surface area contributed by atoms with Crippen molar-refractivity contribution in [3.05, 3.63) is 120 Å². The number of aromatic nitrogens is 3. The lowest BCUT2D eigenvalue weighted by molar-refractivity contribution is -0.394. The highest BCUT2D eigenvalue weighted by atomic mass is 19.3. The summed E-state index contributed by atoms with van der Waals surface area (Å²) in [4.78, 5) is 8.67. The molecule has 0 N–H and O–H groups in total. The molecule has 7 heteroatoms. The van der Waals surface area contributed by atoms with E-state index in [2.05, 4.69) is 16.0 Å². The zero-order chi connectivity index (χ0) is 35.1. The van der Waals surface area contributed by atoms with Gasteiger partial charge in [-0.1, -0.05) is 49.6 Å². The molecule has 0 spiro atoms. The van der Waals surface area contributed by atoms with E-state index in [1.54, 1.807) is 59.4 Å². The minimum atomic E-state index is -3.51. The molecule has 3 aromatic carbocycles. The van der Waals surface area contributed by atoms with Gasteiger partial charge in [0.1, 0.15) is 9.93 Å². The van der Waals surface area contributed by atoms with Crippen molar-refractivity contribution in [1.82, 2.24) is 19.1 Å². The summed E-state index contributed by atoms with van der Waals surface area (Å²) >= 11 is 0. The lowest BCUT2D eigenvalue weighted by Crippen LogP contribution is -2.19. The Labute approximate surface area is 257 Å². The maximum absolute atomic E-state index is 17.0. The van der Waals surface area contributed by atoms with Crippen LogP contribution in [0.2, 0.25) is 0 Å². The third-order valence-electron chi connectivity index (χ3n) is 7.88. The molecule has 43 heavy (non-hydrogen) atoms. The lowest BCUT2D eigenvalue weighted by atomic mass is 9.84. The Morgan fingerprint density at radius 2 is 1.60 bits per heavy atom. The third-order valence-corrected chi connectivity index (χ3v) is 7.88. The molecule has 212 valence electrons. The zero-order valence-corrected chi connectivity index (χ0v) is 23.7. The summed E-state index contributed by atoms with van der Waals surface area (Å²) in [5.74, 6) is -3.25. The number of benzene rings is 3. The first-order valence-electron chi connectivity index (χ1n) is 16.8. The summed E-state index contributed by atoms with van der Waals surface area (Å²) < 4.78 is 86.0. The lowest BCUT2D eigenvalue weighted by Gasteiger charge is -2.23. The van der Waals surface area contributed by atoms with Crippen LogP contribution in [0.3, 0.4) is 0 Å². The third kappa shape index (κ3) is 4.36. The fourth-order valence-corrected chi connectivity index (χ4v) is 5.62. The molecule has 3 aromatic heterocycles. The number of hydrogen-bond acceptors (Lipinski definition) is 2. The monoisotopic (exact) mass is 577 g/mol. The molecule has 7 rings (SSSR count). The number of nitrogens with zero attached hydrogens (tertiary/aromatic N) is 5. The molecule has 0 radical (unpaired) electrons. The summed E-state index contributed by atoms with van der Waals surface area (Å²) in [6.07, 6.45) is 4.60. The molecular weight excluding hydrogens is 540 g/mol. The molecule has 0 saturated carbocycles. The average molecular weight is 578 g/mol. The van der Waals surface area contributed by atoms with Crippen LogP contribution in [-0.4, -0.2) is 32.1 Å². The molecule has 0 saturated heterocycles. The molecule has 1 aliphatic rings. The number of aryl methyl sites for hydroxylation is 1. The van der Waals surface area contributed by atoms with E-state index in [1.807, 2.05) is 20.8 Å². The molecule has 0 atom stereocenters. The summed E-state index contributed by atoms with van der Waals surface area (Å²) in [5.41, 5.74) is 1.81. The zero-order valence-electron chi connectivity index (χ0n) is 29.7. The van der Waals surface area contributed by atoms with Gasteiger partial charge in [-0.2, -0.15) is 8.78 Å². The Kier molecular flexibility index (Phi) is 4.60. The van der Waals surface area contributed by atoms with Crippen LogP contribution >= 0.6 is 0 Å². The van der Waals surface area contributed by atoms with E-state index in [4.69, 9.17) is 8.22 Å². The highest BCUT2D eigenvalue weighted by Gasteiger charge is 2.39. The van der Waals surface area contributed by atoms with Crippen LogP contribution in [0.1, 0.15) is 51.2 Å². The van der Waals surface area contributed by atoms with Crippen LogP contribution in [0.5, 0.6) is 0 Å². The Bertz CT molecular complexity index is 2380. The first kappa shape index (κ1) is 20.8. The summed E-state index contributed by atoms with van der Waals surface area (Å²) in [5, 5.41) is 1.42. The number of fused-ring (bicyclic) bond motifs is 4. The number of rotatable bonds is 4. The van der Waals surface area contributed by atoms with Crippen molar-refractivity contribution in [2.24, 2.45) is 0 Å². The van der Waals surface area contributed by atoms with Gasteiger partial charge in [0, 0.05) is 62.7 Å². The Morgan fingerprint density at radius 1 is 0.814 bits per heavy atom. The van der Waals surface area contributed by atoms with Crippen LogP contribution < -0.4 is 4.58 Å². The van der Waals surface area contributed by atoms with Gasteiger partial charge < -0.3 is 0 Å². The van der Waals surface area contributed by atoms with Crippen molar-refractivity contribution >= 4 is 44.9 Å². The SMILES string of the molecule is [2H]C([2H])([2H])c1ccnc(-n2c3cnccc3c3ccc(C(F)(F)c4cc([N+]5=C=[N+](C([2H])([2H])[2H])c6ccccc65)cc(C(C)(C)C)c4)cc32)c1. The number of hydrogen-bond donors (Lipinski definition) is 0. The number of alkyl halides is 2. The van der Waals surface area contributed by atoms with Gasteiger partial charge in [-0.15, -0.1) is 0 Å². The number of pyridine rings is 2. The maximum Gasteiger partial charge on any atom is 0.496 e. The van der Waals surface area contributed by atoms with Gasteiger partial charge in [0.2, 0.25) is 5.69 Å². The van der Waals surface area contributed by atoms with Gasteiger partial charge in [-0.25, -0.2) is 4.98 Å². The second kappa shape index (κ2) is 9.51. The Hall–Kier alpha value is -5.00. The Balaban J connectivity index is 1.44. The summed E-state index contributed by atoms with van der Waals surface area (Å²) in [6.45, 7) is 0.835. The van der Waals surface area contributed by atoms with E-state index < -0.39 is 25.2 Å². The molecule has 0 bridgehead atoms. The van der Waals surface area contributed by atoms with Crippen LogP contribution in [0.4, 0.5) is 25.8 Å². The fourth-order valence-electron chi connectivity index (χ4n) is 5.62. The highest BCUT2D eigenvalue weighted by Crippen LogP contribution is 2.43. The van der Waals surface area contributed by atoms with E-state index >= 15 is 8.78 Å². The topological polar surface area (TPSA) is 36.7 Å². The van der Waals surface area contributed by atoms with E-state index in [-0.39, 0.29) is 22.5 Å². The second-order valence-electron chi connectivity index (χ2n) is 11.7. The van der Waals surface area contributed by atoms with Crippen LogP contribution in [0.25, 0.3) is 27.6 Å². The smallest absolute Gasteiger partial charge is 0.292 e.